The molecule has 10 nitrogen and oxygen atoms in total. The number of nitrogens with one attached hydrogen (secondary N) is 2. The Bertz CT molecular complexity index is 1310. The van der Waals surface area contributed by atoms with E-state index in [1.165, 1.54) is 6.26 Å². The van der Waals surface area contributed by atoms with E-state index in [4.69, 9.17) is 9.15 Å². The van der Waals surface area contributed by atoms with Gasteiger partial charge in [0, 0.05) is 13.1 Å². The van der Waals surface area contributed by atoms with Gasteiger partial charge in [0.25, 0.3) is 5.91 Å². The zero-order valence-electron chi connectivity index (χ0n) is 24.9. The summed E-state index contributed by atoms with van der Waals surface area (Å²) in [5, 5.41) is 17.0. The fourth-order valence-electron chi connectivity index (χ4n) is 5.12. The molecule has 0 radical (unpaired) electrons. The van der Waals surface area contributed by atoms with Gasteiger partial charge in [-0.05, 0) is 55.6 Å². The second-order valence-corrected chi connectivity index (χ2v) is 11.4. The maximum absolute atomic E-state index is 13.6. The van der Waals surface area contributed by atoms with Gasteiger partial charge in [0.2, 0.25) is 11.8 Å². The van der Waals surface area contributed by atoms with Crippen molar-refractivity contribution in [3.05, 3.63) is 89.6 Å². The lowest BCUT2D eigenvalue weighted by molar-refractivity contribution is -0.125. The normalized spacial score (nSPS) is 15.4. The van der Waals surface area contributed by atoms with E-state index in [1.807, 2.05) is 74.5 Å². The van der Waals surface area contributed by atoms with E-state index >= 15 is 0 Å². The van der Waals surface area contributed by atoms with Crippen LogP contribution in [0, 0.1) is 5.92 Å². The van der Waals surface area contributed by atoms with Gasteiger partial charge in [0.05, 0.1) is 6.04 Å². The number of nitrogens with zero attached hydrogens (tertiary/aromatic N) is 2. The number of rotatable bonds is 13. The number of likely N-dealkylation sites (tertiary alicyclic amines) is 1. The number of aliphatic hydroxyl groups is 1. The molecule has 3 amide bonds. The first-order chi connectivity index (χ1) is 20.8. The van der Waals surface area contributed by atoms with Crippen molar-refractivity contribution in [2.45, 2.75) is 77.2 Å². The number of aromatic nitrogens is 1. The Balaban J connectivity index is 1.46. The van der Waals surface area contributed by atoms with E-state index in [0.29, 0.717) is 32.4 Å². The summed E-state index contributed by atoms with van der Waals surface area (Å²) in [5.74, 6) is -0.650. The monoisotopic (exact) mass is 590 g/mol. The fraction of sp³-hybridized carbons (Fsp3) is 0.455. The molecule has 1 saturated heterocycles. The topological polar surface area (TPSA) is 134 Å². The molecule has 1 aromatic heterocycles. The Hall–Kier alpha value is -4.18. The van der Waals surface area contributed by atoms with Gasteiger partial charge < -0.3 is 29.8 Å². The van der Waals surface area contributed by atoms with Crippen molar-refractivity contribution in [2.24, 2.45) is 5.92 Å². The summed E-state index contributed by atoms with van der Waals surface area (Å²) in [6.07, 6.45) is 3.49. The van der Waals surface area contributed by atoms with Crippen LogP contribution in [-0.4, -0.2) is 58.1 Å². The molecule has 3 unspecified atom stereocenters. The van der Waals surface area contributed by atoms with Crippen molar-refractivity contribution >= 4 is 17.9 Å². The SMILES string of the molecule is CC(C)CC(NC(=O)OCc1ccccc1)C(=O)NC(CCc1ccccc1)C(O)c1nc(C(=O)N2CCCCC2)co1. The van der Waals surface area contributed by atoms with Crippen LogP contribution in [0.25, 0.3) is 0 Å². The third-order valence-corrected chi connectivity index (χ3v) is 7.46. The molecule has 10 heteroatoms. The Morgan fingerprint density at radius 2 is 1.60 bits per heavy atom. The molecule has 1 fully saturated rings. The molecule has 0 spiro atoms. The van der Waals surface area contributed by atoms with E-state index < -0.39 is 30.2 Å². The number of carbonyl (C=O) groups is 3. The number of benzene rings is 2. The van der Waals surface area contributed by atoms with E-state index in [1.54, 1.807) is 4.90 Å². The van der Waals surface area contributed by atoms with Crippen molar-refractivity contribution in [1.82, 2.24) is 20.5 Å². The van der Waals surface area contributed by atoms with Crippen LogP contribution in [-0.2, 0) is 22.6 Å². The van der Waals surface area contributed by atoms with Crippen molar-refractivity contribution in [1.29, 1.82) is 0 Å². The van der Waals surface area contributed by atoms with Gasteiger partial charge in [-0.15, -0.1) is 0 Å². The average Bonchev–Trinajstić information content (AvgIpc) is 3.52. The Kier molecular flexibility index (Phi) is 11.7. The van der Waals surface area contributed by atoms with Crippen molar-refractivity contribution < 1.29 is 28.6 Å². The van der Waals surface area contributed by atoms with Crippen LogP contribution in [0.2, 0.25) is 0 Å². The molecule has 4 rings (SSSR count). The molecule has 1 aliphatic rings. The van der Waals surface area contributed by atoms with Crippen LogP contribution >= 0.6 is 0 Å². The van der Waals surface area contributed by atoms with Gasteiger partial charge >= 0.3 is 6.09 Å². The predicted octanol–water partition coefficient (Wildman–Crippen LogP) is 4.79. The second-order valence-electron chi connectivity index (χ2n) is 11.4. The Labute approximate surface area is 252 Å². The molecule has 43 heavy (non-hydrogen) atoms. The molecule has 0 aliphatic carbocycles. The lowest BCUT2D eigenvalue weighted by Crippen LogP contribution is -2.51. The molecule has 2 heterocycles. The highest BCUT2D eigenvalue weighted by atomic mass is 16.5. The van der Waals surface area contributed by atoms with Gasteiger partial charge in [-0.2, -0.15) is 0 Å². The summed E-state index contributed by atoms with van der Waals surface area (Å²) in [7, 11) is 0. The third-order valence-electron chi connectivity index (χ3n) is 7.46. The van der Waals surface area contributed by atoms with Crippen LogP contribution in [0.4, 0.5) is 4.79 Å². The summed E-state index contributed by atoms with van der Waals surface area (Å²) in [5.41, 5.74) is 1.99. The minimum absolute atomic E-state index is 0.0469. The van der Waals surface area contributed by atoms with Crippen molar-refractivity contribution in [3.8, 4) is 0 Å². The highest BCUT2D eigenvalue weighted by molar-refractivity contribution is 5.92. The van der Waals surface area contributed by atoms with Crippen LogP contribution < -0.4 is 10.6 Å². The molecule has 0 bridgehead atoms. The van der Waals surface area contributed by atoms with E-state index in [2.05, 4.69) is 15.6 Å². The lowest BCUT2D eigenvalue weighted by Gasteiger charge is -2.26. The Morgan fingerprint density at radius 3 is 2.26 bits per heavy atom. The van der Waals surface area contributed by atoms with Gasteiger partial charge in [0.15, 0.2) is 11.8 Å². The largest absolute Gasteiger partial charge is 0.445 e. The fourth-order valence-corrected chi connectivity index (χ4v) is 5.12. The minimum Gasteiger partial charge on any atom is -0.445 e. The van der Waals surface area contributed by atoms with Gasteiger partial charge in [-0.25, -0.2) is 9.78 Å². The maximum Gasteiger partial charge on any atom is 0.408 e. The molecule has 230 valence electrons. The number of oxazole rings is 1. The first-order valence-electron chi connectivity index (χ1n) is 15.0. The summed E-state index contributed by atoms with van der Waals surface area (Å²) < 4.78 is 10.9. The van der Waals surface area contributed by atoms with Gasteiger partial charge in [-0.3, -0.25) is 9.59 Å². The third kappa shape index (κ3) is 9.68. The van der Waals surface area contributed by atoms with Crippen molar-refractivity contribution in [3.63, 3.8) is 0 Å². The molecule has 1 aliphatic heterocycles. The van der Waals surface area contributed by atoms with Crippen LogP contribution in [0.1, 0.15) is 79.6 Å². The summed E-state index contributed by atoms with van der Waals surface area (Å²) in [6, 6.07) is 17.3. The van der Waals surface area contributed by atoms with Gasteiger partial charge in [0.1, 0.15) is 18.9 Å². The number of aliphatic hydroxyl groups excluding tert-OH is 1. The number of alkyl carbamates (subject to hydrolysis) is 1. The Morgan fingerprint density at radius 1 is 0.953 bits per heavy atom. The van der Waals surface area contributed by atoms with E-state index in [-0.39, 0.29) is 30.0 Å². The lowest BCUT2D eigenvalue weighted by atomic mass is 9.99. The molecular weight excluding hydrogens is 548 g/mol. The molecular formula is C33H42N4O6. The van der Waals surface area contributed by atoms with Crippen molar-refractivity contribution in [2.75, 3.05) is 13.1 Å². The number of carbonyl (C=O) groups excluding carboxylic acids is 3. The molecule has 3 N–H and O–H groups in total. The average molecular weight is 591 g/mol. The zero-order valence-corrected chi connectivity index (χ0v) is 24.9. The highest BCUT2D eigenvalue weighted by Crippen LogP contribution is 2.22. The number of amides is 3. The molecule has 3 aromatic rings. The summed E-state index contributed by atoms with van der Waals surface area (Å²) >= 11 is 0. The van der Waals surface area contributed by atoms with Crippen LogP contribution in [0.15, 0.2) is 71.3 Å². The van der Waals surface area contributed by atoms with Crippen LogP contribution in [0.5, 0.6) is 0 Å². The standard InChI is InChI=1S/C33H42N4O6/c1-23(2)20-27(36-33(41)43-21-25-14-8-4-9-15-25)30(39)34-26(17-16-24-12-6-3-7-13-24)29(38)31-35-28(22-42-31)32(40)37-18-10-5-11-19-37/h3-4,6-9,12-15,22-23,26-27,29,38H,5,10-11,16-21H2,1-2H3,(H,34,39)(H,36,41). The molecule has 3 atom stereocenters. The maximum atomic E-state index is 13.6. The number of piperidine rings is 1. The zero-order chi connectivity index (χ0) is 30.6. The van der Waals surface area contributed by atoms with Crippen LogP contribution in [0.3, 0.4) is 0 Å². The number of ether oxygens (including phenoxy) is 1. The highest BCUT2D eigenvalue weighted by Gasteiger charge is 2.32. The summed E-state index contributed by atoms with van der Waals surface area (Å²) in [4.78, 5) is 45.2. The summed E-state index contributed by atoms with van der Waals surface area (Å²) in [6.45, 7) is 5.30. The minimum atomic E-state index is -1.32. The first kappa shape index (κ1) is 31.7. The first-order valence-corrected chi connectivity index (χ1v) is 15.0. The van der Waals surface area contributed by atoms with E-state index in [0.717, 1.165) is 30.4 Å². The van der Waals surface area contributed by atoms with E-state index in [9.17, 15) is 19.5 Å². The van der Waals surface area contributed by atoms with Gasteiger partial charge in [-0.1, -0.05) is 74.5 Å². The predicted molar refractivity (Wildman–Crippen MR) is 161 cm³/mol. The number of aryl methyl sites for hydroxylation is 1. The number of hydrogen-bond donors (Lipinski definition) is 3. The second kappa shape index (κ2) is 15.9. The number of hydrogen-bond acceptors (Lipinski definition) is 7. The smallest absolute Gasteiger partial charge is 0.408 e. The molecule has 0 saturated carbocycles. The quantitative estimate of drug-likeness (QED) is 0.261. The molecule has 2 aromatic carbocycles.